The molecule has 1 unspecified atom stereocenters. The van der Waals surface area contributed by atoms with Gasteiger partial charge in [0.25, 0.3) is 0 Å². The standard InChI is InChI=1S/C10H18N2O4S/c1-3-16-4-7(2)11-10(15)12-6-17-5-8(12)9(13)14/h7-8H,3-6H2,1-2H3,(H,11,15)(H,13,14)/t7?,8-/m0/s1. The van der Waals surface area contributed by atoms with E-state index in [2.05, 4.69) is 5.32 Å². The number of nitrogens with zero attached hydrogens (tertiary/aromatic N) is 1. The van der Waals surface area contributed by atoms with Crippen LogP contribution in [0, 0.1) is 0 Å². The fourth-order valence-electron chi connectivity index (χ4n) is 1.48. The van der Waals surface area contributed by atoms with Crippen molar-refractivity contribution in [2.45, 2.75) is 25.9 Å². The van der Waals surface area contributed by atoms with E-state index in [9.17, 15) is 9.59 Å². The molecular weight excluding hydrogens is 244 g/mol. The summed E-state index contributed by atoms with van der Waals surface area (Å²) in [5.41, 5.74) is 0. The quantitative estimate of drug-likeness (QED) is 0.757. The Hall–Kier alpha value is -0.950. The average molecular weight is 262 g/mol. The van der Waals surface area contributed by atoms with E-state index in [0.717, 1.165) is 0 Å². The molecule has 1 aliphatic rings. The summed E-state index contributed by atoms with van der Waals surface area (Å²) in [5.74, 6) is -0.0881. The molecule has 1 fully saturated rings. The molecule has 6 nitrogen and oxygen atoms in total. The zero-order chi connectivity index (χ0) is 12.8. The minimum absolute atomic E-state index is 0.123. The van der Waals surface area contributed by atoms with Gasteiger partial charge in [0, 0.05) is 12.4 Å². The summed E-state index contributed by atoms with van der Waals surface area (Å²) in [4.78, 5) is 24.1. The van der Waals surface area contributed by atoms with Gasteiger partial charge in [0.1, 0.15) is 6.04 Å². The van der Waals surface area contributed by atoms with Crippen molar-refractivity contribution in [2.75, 3.05) is 24.8 Å². The third-order valence-corrected chi connectivity index (χ3v) is 3.38. The number of amides is 2. The molecule has 0 saturated carbocycles. The fourth-order valence-corrected chi connectivity index (χ4v) is 2.62. The molecule has 0 aromatic carbocycles. The first-order chi connectivity index (χ1) is 8.06. The smallest absolute Gasteiger partial charge is 0.327 e. The van der Waals surface area contributed by atoms with Crippen LogP contribution >= 0.6 is 11.8 Å². The molecule has 0 radical (unpaired) electrons. The predicted octanol–water partition coefficient (Wildman–Crippen LogP) is 0.580. The second kappa shape index (κ2) is 6.70. The SMILES string of the molecule is CCOCC(C)NC(=O)N1CSC[C@H]1C(=O)O. The summed E-state index contributed by atoms with van der Waals surface area (Å²) in [6, 6.07) is -1.18. The van der Waals surface area contributed by atoms with Gasteiger partial charge in [0.05, 0.1) is 18.5 Å². The maximum atomic E-state index is 11.8. The molecule has 2 atom stereocenters. The van der Waals surface area contributed by atoms with E-state index in [1.54, 1.807) is 0 Å². The van der Waals surface area contributed by atoms with E-state index in [1.807, 2.05) is 13.8 Å². The maximum Gasteiger partial charge on any atom is 0.327 e. The molecule has 1 aliphatic heterocycles. The van der Waals surface area contributed by atoms with E-state index >= 15 is 0 Å². The molecule has 17 heavy (non-hydrogen) atoms. The molecule has 98 valence electrons. The van der Waals surface area contributed by atoms with Gasteiger partial charge >= 0.3 is 12.0 Å². The Balaban J connectivity index is 2.43. The number of carboxylic acids is 1. The molecule has 1 rings (SSSR count). The van der Waals surface area contributed by atoms with E-state index in [-0.39, 0.29) is 12.1 Å². The van der Waals surface area contributed by atoms with Crippen molar-refractivity contribution in [1.29, 1.82) is 0 Å². The number of thioether (sulfide) groups is 1. The maximum absolute atomic E-state index is 11.8. The van der Waals surface area contributed by atoms with Crippen LogP contribution in [0.3, 0.4) is 0 Å². The van der Waals surface area contributed by atoms with Crippen molar-refractivity contribution in [2.24, 2.45) is 0 Å². The van der Waals surface area contributed by atoms with Crippen molar-refractivity contribution >= 4 is 23.8 Å². The normalized spacial score (nSPS) is 21.3. The van der Waals surface area contributed by atoms with Crippen LogP contribution in [0.1, 0.15) is 13.8 Å². The molecule has 1 heterocycles. The Morgan fingerprint density at radius 1 is 1.65 bits per heavy atom. The van der Waals surface area contributed by atoms with Crippen molar-refractivity contribution in [3.8, 4) is 0 Å². The van der Waals surface area contributed by atoms with Gasteiger partial charge < -0.3 is 20.1 Å². The molecule has 2 amide bonds. The van der Waals surface area contributed by atoms with Gasteiger partial charge in [0.2, 0.25) is 0 Å². The fraction of sp³-hybridized carbons (Fsp3) is 0.800. The van der Waals surface area contributed by atoms with Gasteiger partial charge in [-0.2, -0.15) is 0 Å². The minimum Gasteiger partial charge on any atom is -0.480 e. The number of nitrogens with one attached hydrogen (secondary N) is 1. The summed E-state index contributed by atoms with van der Waals surface area (Å²) < 4.78 is 5.18. The summed E-state index contributed by atoms with van der Waals surface area (Å²) in [6.45, 7) is 4.73. The third kappa shape index (κ3) is 4.08. The van der Waals surface area contributed by atoms with Crippen LogP contribution in [0.5, 0.6) is 0 Å². The van der Waals surface area contributed by atoms with Crippen LogP contribution in [0.4, 0.5) is 4.79 Å². The number of carbonyl (C=O) groups is 2. The Labute approximate surface area is 105 Å². The Kier molecular flexibility index (Phi) is 5.57. The Bertz CT molecular complexity index is 287. The lowest BCUT2D eigenvalue weighted by molar-refractivity contribution is -0.140. The van der Waals surface area contributed by atoms with Crippen molar-refractivity contribution in [3.63, 3.8) is 0 Å². The number of carboxylic acid groups (broad SMARTS) is 1. The zero-order valence-corrected chi connectivity index (χ0v) is 10.8. The molecule has 0 aromatic heterocycles. The molecule has 2 N–H and O–H groups in total. The van der Waals surface area contributed by atoms with Gasteiger partial charge in [-0.3, -0.25) is 0 Å². The second-order valence-corrected chi connectivity index (χ2v) is 4.83. The van der Waals surface area contributed by atoms with Crippen LogP contribution in [0.25, 0.3) is 0 Å². The first-order valence-electron chi connectivity index (χ1n) is 5.51. The van der Waals surface area contributed by atoms with Gasteiger partial charge in [-0.1, -0.05) is 0 Å². The highest BCUT2D eigenvalue weighted by Crippen LogP contribution is 2.20. The first-order valence-corrected chi connectivity index (χ1v) is 6.67. The van der Waals surface area contributed by atoms with E-state index in [4.69, 9.17) is 9.84 Å². The molecule has 0 aliphatic carbocycles. The van der Waals surface area contributed by atoms with Gasteiger partial charge in [-0.15, -0.1) is 11.8 Å². The lowest BCUT2D eigenvalue weighted by atomic mass is 10.3. The van der Waals surface area contributed by atoms with Crippen molar-refractivity contribution < 1.29 is 19.4 Å². The van der Waals surface area contributed by atoms with Gasteiger partial charge in [-0.25, -0.2) is 9.59 Å². The number of aliphatic carboxylic acids is 1. The molecule has 0 spiro atoms. The number of rotatable bonds is 5. The third-order valence-electron chi connectivity index (χ3n) is 2.37. The van der Waals surface area contributed by atoms with Crippen LogP contribution in [-0.4, -0.2) is 58.9 Å². The first kappa shape index (κ1) is 14.1. The summed E-state index contributed by atoms with van der Waals surface area (Å²) in [5, 5.41) is 11.7. The molecular formula is C10H18N2O4S. The topological polar surface area (TPSA) is 78.9 Å². The summed E-state index contributed by atoms with van der Waals surface area (Å²) >= 11 is 1.44. The summed E-state index contributed by atoms with van der Waals surface area (Å²) in [7, 11) is 0. The molecule has 0 aromatic rings. The monoisotopic (exact) mass is 262 g/mol. The highest BCUT2D eigenvalue weighted by atomic mass is 32.2. The van der Waals surface area contributed by atoms with E-state index in [1.165, 1.54) is 16.7 Å². The van der Waals surface area contributed by atoms with Gasteiger partial charge in [0.15, 0.2) is 0 Å². The highest BCUT2D eigenvalue weighted by Gasteiger charge is 2.34. The number of carbonyl (C=O) groups excluding carboxylic acids is 1. The minimum atomic E-state index is -0.956. The zero-order valence-electron chi connectivity index (χ0n) is 10.0. The highest BCUT2D eigenvalue weighted by molar-refractivity contribution is 7.99. The number of hydrogen-bond donors (Lipinski definition) is 2. The Morgan fingerprint density at radius 2 is 2.35 bits per heavy atom. The summed E-state index contributed by atoms with van der Waals surface area (Å²) in [6.07, 6.45) is 0. The number of ether oxygens (including phenoxy) is 1. The Morgan fingerprint density at radius 3 is 2.94 bits per heavy atom. The van der Waals surface area contributed by atoms with Crippen molar-refractivity contribution in [3.05, 3.63) is 0 Å². The number of hydrogen-bond acceptors (Lipinski definition) is 4. The number of urea groups is 1. The second-order valence-electron chi connectivity index (χ2n) is 3.83. The van der Waals surface area contributed by atoms with Crippen LogP contribution in [0.15, 0.2) is 0 Å². The lowest BCUT2D eigenvalue weighted by Crippen LogP contribution is -2.50. The largest absolute Gasteiger partial charge is 0.480 e. The van der Waals surface area contributed by atoms with Crippen LogP contribution in [0.2, 0.25) is 0 Å². The van der Waals surface area contributed by atoms with Crippen LogP contribution in [-0.2, 0) is 9.53 Å². The lowest BCUT2D eigenvalue weighted by Gasteiger charge is -2.23. The molecule has 1 saturated heterocycles. The average Bonchev–Trinajstić information content (AvgIpc) is 2.75. The van der Waals surface area contributed by atoms with E-state index < -0.39 is 12.0 Å². The van der Waals surface area contributed by atoms with Crippen LogP contribution < -0.4 is 5.32 Å². The molecule has 0 bridgehead atoms. The predicted molar refractivity (Wildman–Crippen MR) is 65.1 cm³/mol. The van der Waals surface area contributed by atoms with E-state index in [0.29, 0.717) is 24.8 Å². The molecule has 7 heteroatoms. The van der Waals surface area contributed by atoms with Crippen molar-refractivity contribution in [1.82, 2.24) is 10.2 Å². The van der Waals surface area contributed by atoms with Gasteiger partial charge in [-0.05, 0) is 13.8 Å².